The summed E-state index contributed by atoms with van der Waals surface area (Å²) in [6, 6.07) is 18.2. The predicted octanol–water partition coefficient (Wildman–Crippen LogP) is 5.20. The van der Waals surface area contributed by atoms with Gasteiger partial charge in [0.1, 0.15) is 11.3 Å². The minimum Gasteiger partial charge on any atom is -0.481 e. The molecule has 8 nitrogen and oxygen atoms in total. The lowest BCUT2D eigenvalue weighted by molar-refractivity contribution is -0.122. The van der Waals surface area contributed by atoms with Gasteiger partial charge >= 0.3 is 6.03 Å². The quantitative estimate of drug-likeness (QED) is 0.294. The average molecular weight is 613 g/mol. The van der Waals surface area contributed by atoms with E-state index < -0.39 is 17.8 Å². The van der Waals surface area contributed by atoms with Gasteiger partial charge in [0.15, 0.2) is 6.61 Å². The van der Waals surface area contributed by atoms with Crippen LogP contribution in [0.1, 0.15) is 11.1 Å². The van der Waals surface area contributed by atoms with Crippen LogP contribution in [0, 0.1) is 6.92 Å². The van der Waals surface area contributed by atoms with Crippen molar-refractivity contribution >= 4 is 73.1 Å². The van der Waals surface area contributed by atoms with Gasteiger partial charge in [-0.05, 0) is 86.3 Å². The van der Waals surface area contributed by atoms with Crippen LogP contribution in [0.5, 0.6) is 5.75 Å². The van der Waals surface area contributed by atoms with Crippen molar-refractivity contribution in [3.8, 4) is 5.75 Å². The van der Waals surface area contributed by atoms with Gasteiger partial charge in [0, 0.05) is 5.69 Å². The largest absolute Gasteiger partial charge is 0.481 e. The van der Waals surface area contributed by atoms with Crippen LogP contribution in [0.4, 0.5) is 16.2 Å². The molecule has 182 valence electrons. The minimum absolute atomic E-state index is 0.205. The third kappa shape index (κ3) is 5.55. The summed E-state index contributed by atoms with van der Waals surface area (Å²) in [5, 5.41) is 4.99. The number of ether oxygens (including phenoxy) is 1. The first kappa shape index (κ1) is 25.3. The Hall–Kier alpha value is -3.76. The van der Waals surface area contributed by atoms with Gasteiger partial charge in [-0.15, -0.1) is 0 Å². The van der Waals surface area contributed by atoms with E-state index in [1.807, 2.05) is 25.1 Å². The molecule has 3 aromatic rings. The van der Waals surface area contributed by atoms with E-state index in [9.17, 15) is 19.2 Å². The number of hydrogen-bond donors (Lipinski definition) is 2. The van der Waals surface area contributed by atoms with E-state index in [2.05, 4.69) is 42.5 Å². The van der Waals surface area contributed by atoms with E-state index >= 15 is 0 Å². The molecule has 0 aromatic heterocycles. The van der Waals surface area contributed by atoms with Crippen LogP contribution in [0.25, 0.3) is 6.08 Å². The Morgan fingerprint density at radius 3 is 2.31 bits per heavy atom. The summed E-state index contributed by atoms with van der Waals surface area (Å²) in [7, 11) is 0. The summed E-state index contributed by atoms with van der Waals surface area (Å²) in [4.78, 5) is 51.0. The third-order valence-corrected chi connectivity index (χ3v) is 6.39. The minimum atomic E-state index is -0.816. The molecule has 1 saturated heterocycles. The van der Waals surface area contributed by atoms with Crippen LogP contribution < -0.4 is 20.3 Å². The number of hydrogen-bond acceptors (Lipinski definition) is 5. The fourth-order valence-corrected chi connectivity index (χ4v) is 4.92. The van der Waals surface area contributed by atoms with Crippen LogP contribution in [0.3, 0.4) is 0 Å². The van der Waals surface area contributed by atoms with E-state index in [0.29, 0.717) is 31.6 Å². The predicted molar refractivity (Wildman–Crippen MR) is 143 cm³/mol. The van der Waals surface area contributed by atoms with Gasteiger partial charge in [-0.2, -0.15) is 0 Å². The maximum atomic E-state index is 13.0. The molecule has 1 heterocycles. The van der Waals surface area contributed by atoms with Crippen LogP contribution in [0.15, 0.2) is 81.2 Å². The third-order valence-electron chi connectivity index (χ3n) is 5.21. The zero-order valence-electron chi connectivity index (χ0n) is 18.9. The van der Waals surface area contributed by atoms with E-state index in [1.54, 1.807) is 48.5 Å². The maximum absolute atomic E-state index is 13.0. The number of urea groups is 1. The summed E-state index contributed by atoms with van der Waals surface area (Å²) in [6.45, 7) is 1.66. The highest BCUT2D eigenvalue weighted by atomic mass is 79.9. The van der Waals surface area contributed by atoms with Crippen LogP contribution in [-0.4, -0.2) is 30.4 Å². The zero-order valence-corrected chi connectivity index (χ0v) is 22.1. The molecule has 0 radical (unpaired) electrons. The molecule has 10 heteroatoms. The number of aryl methyl sites for hydroxylation is 1. The number of carbonyl (C=O) groups excluding carboxylic acids is 4. The van der Waals surface area contributed by atoms with Gasteiger partial charge in [0.2, 0.25) is 0 Å². The molecule has 1 aliphatic heterocycles. The van der Waals surface area contributed by atoms with Crippen molar-refractivity contribution in [1.29, 1.82) is 0 Å². The van der Waals surface area contributed by atoms with E-state index in [0.717, 1.165) is 10.5 Å². The van der Waals surface area contributed by atoms with Crippen molar-refractivity contribution in [3.63, 3.8) is 0 Å². The maximum Gasteiger partial charge on any atom is 0.335 e. The molecule has 2 N–H and O–H groups in total. The van der Waals surface area contributed by atoms with Gasteiger partial charge < -0.3 is 10.1 Å². The smallest absolute Gasteiger partial charge is 0.335 e. The van der Waals surface area contributed by atoms with Crippen molar-refractivity contribution < 1.29 is 23.9 Å². The molecule has 0 atom stereocenters. The monoisotopic (exact) mass is 611 g/mol. The van der Waals surface area contributed by atoms with Gasteiger partial charge in [0.25, 0.3) is 17.7 Å². The highest BCUT2D eigenvalue weighted by Crippen LogP contribution is 2.36. The fourth-order valence-electron chi connectivity index (χ4n) is 3.47. The van der Waals surface area contributed by atoms with Crippen molar-refractivity contribution in [2.24, 2.45) is 0 Å². The van der Waals surface area contributed by atoms with Gasteiger partial charge in [-0.3, -0.25) is 19.7 Å². The topological polar surface area (TPSA) is 105 Å². The molecular formula is C26H19Br2N3O5. The number of para-hydroxylation sites is 2. The lowest BCUT2D eigenvalue weighted by Gasteiger charge is -2.26. The second kappa shape index (κ2) is 10.9. The number of anilines is 2. The van der Waals surface area contributed by atoms with E-state index in [-0.39, 0.29) is 18.1 Å². The normalized spacial score (nSPS) is 14.6. The van der Waals surface area contributed by atoms with E-state index in [4.69, 9.17) is 4.74 Å². The lowest BCUT2D eigenvalue weighted by Crippen LogP contribution is -2.54. The van der Waals surface area contributed by atoms with Crippen LogP contribution in [-0.2, 0) is 14.4 Å². The summed E-state index contributed by atoms with van der Waals surface area (Å²) in [5.74, 6) is -1.49. The highest BCUT2D eigenvalue weighted by Gasteiger charge is 2.36. The second-order valence-corrected chi connectivity index (χ2v) is 9.47. The van der Waals surface area contributed by atoms with Gasteiger partial charge in [0.05, 0.1) is 14.6 Å². The SMILES string of the molecule is Cc1ccccc1NC(=O)COc1c(Br)cc(/C=C2/C(=O)NC(=O)N(c3ccccc3)C2=O)cc1Br. The molecule has 0 aliphatic carbocycles. The Balaban J connectivity index is 1.52. The Morgan fingerprint density at radius 1 is 1.00 bits per heavy atom. The standard InChI is InChI=1S/C26H19Br2N3O5/c1-15-7-5-6-10-21(15)29-22(32)14-36-23-19(27)12-16(13-20(23)28)11-18-24(33)30-26(35)31(25(18)34)17-8-3-2-4-9-17/h2-13H,14H2,1H3,(H,29,32)(H,30,33,35)/b18-11-. The molecule has 36 heavy (non-hydrogen) atoms. The molecule has 3 aromatic carbocycles. The average Bonchev–Trinajstić information content (AvgIpc) is 2.83. The van der Waals surface area contributed by atoms with Crippen LogP contribution >= 0.6 is 31.9 Å². The van der Waals surface area contributed by atoms with Gasteiger partial charge in [-0.25, -0.2) is 9.69 Å². The molecule has 0 bridgehead atoms. The highest BCUT2D eigenvalue weighted by molar-refractivity contribution is 9.11. The van der Waals surface area contributed by atoms with Gasteiger partial charge in [-0.1, -0.05) is 36.4 Å². The van der Waals surface area contributed by atoms with E-state index in [1.165, 1.54) is 6.08 Å². The first-order valence-corrected chi connectivity index (χ1v) is 12.3. The molecule has 0 saturated carbocycles. The first-order chi connectivity index (χ1) is 17.2. The molecule has 0 unspecified atom stereocenters. The number of halogens is 2. The fraction of sp³-hybridized carbons (Fsp3) is 0.0769. The Labute approximate surface area is 223 Å². The lowest BCUT2D eigenvalue weighted by atomic mass is 10.1. The number of nitrogens with zero attached hydrogens (tertiary/aromatic N) is 1. The number of nitrogens with one attached hydrogen (secondary N) is 2. The molecular weight excluding hydrogens is 594 g/mol. The number of amides is 5. The van der Waals surface area contributed by atoms with Crippen molar-refractivity contribution in [2.45, 2.75) is 6.92 Å². The van der Waals surface area contributed by atoms with Crippen molar-refractivity contribution in [3.05, 3.63) is 92.4 Å². The first-order valence-electron chi connectivity index (χ1n) is 10.7. The van der Waals surface area contributed by atoms with Crippen molar-refractivity contribution in [1.82, 2.24) is 5.32 Å². The van der Waals surface area contributed by atoms with Crippen molar-refractivity contribution in [2.75, 3.05) is 16.8 Å². The van der Waals surface area contributed by atoms with Crippen LogP contribution in [0.2, 0.25) is 0 Å². The molecule has 0 spiro atoms. The summed E-state index contributed by atoms with van der Waals surface area (Å²) in [6.07, 6.45) is 1.38. The summed E-state index contributed by atoms with van der Waals surface area (Å²) >= 11 is 6.83. The molecule has 4 rings (SSSR count). The number of rotatable bonds is 6. The number of benzene rings is 3. The molecule has 5 amide bonds. The molecule has 1 aliphatic rings. The summed E-state index contributed by atoms with van der Waals surface area (Å²) < 4.78 is 6.68. The number of carbonyl (C=O) groups is 4. The Kier molecular flexibility index (Phi) is 7.66. The Bertz CT molecular complexity index is 1380. The zero-order chi connectivity index (χ0) is 25.8. The summed E-state index contributed by atoms with van der Waals surface area (Å²) in [5.41, 5.74) is 2.26. The number of imide groups is 2. The second-order valence-electron chi connectivity index (χ2n) is 7.76. The molecule has 1 fully saturated rings. The number of barbiturate groups is 1. The Morgan fingerprint density at radius 2 is 1.64 bits per heavy atom.